The Morgan fingerprint density at radius 2 is 1.86 bits per heavy atom. The van der Waals surface area contributed by atoms with Gasteiger partial charge in [-0.15, -0.1) is 5.10 Å². The van der Waals surface area contributed by atoms with E-state index in [0.29, 0.717) is 16.8 Å². The highest BCUT2D eigenvalue weighted by Gasteiger charge is 2.36. The minimum atomic E-state index is -0.923. The van der Waals surface area contributed by atoms with Crippen LogP contribution in [-0.4, -0.2) is 37.3 Å². The van der Waals surface area contributed by atoms with Crippen molar-refractivity contribution in [1.29, 1.82) is 0 Å². The molecule has 0 fully saturated rings. The summed E-state index contributed by atoms with van der Waals surface area (Å²) < 4.78 is 1.57. The molecule has 0 aliphatic rings. The van der Waals surface area contributed by atoms with Crippen LogP contribution in [0.5, 0.6) is 0 Å². The van der Waals surface area contributed by atoms with Crippen LogP contribution in [0.1, 0.15) is 49.9 Å². The molecule has 1 unspecified atom stereocenters. The molecular formula is C28H32N6O2. The second kappa shape index (κ2) is 10.3. The molecule has 0 saturated carbocycles. The molecule has 0 bridgehead atoms. The van der Waals surface area contributed by atoms with E-state index in [-0.39, 0.29) is 18.4 Å². The zero-order valence-corrected chi connectivity index (χ0v) is 21.4. The number of hydrogen-bond donors (Lipinski definition) is 1. The molecule has 4 rings (SSSR count). The van der Waals surface area contributed by atoms with Crippen molar-refractivity contribution in [2.75, 3.05) is 4.90 Å². The number of para-hydroxylation sites is 1. The fourth-order valence-electron chi connectivity index (χ4n) is 4.18. The summed E-state index contributed by atoms with van der Waals surface area (Å²) in [5, 5.41) is 11.5. The SMILES string of the molecule is CCC(C)(C)NC(=O)C(c1cccnc1)N(C(=O)Cn1nnc2ccccc21)c1ccc(C)cc1C. The molecule has 1 atom stereocenters. The number of aryl methyl sites for hydroxylation is 2. The Morgan fingerprint density at radius 1 is 1.08 bits per heavy atom. The number of rotatable bonds is 8. The van der Waals surface area contributed by atoms with Crippen molar-refractivity contribution in [1.82, 2.24) is 25.3 Å². The van der Waals surface area contributed by atoms with Gasteiger partial charge in [-0.05, 0) is 63.9 Å². The molecule has 1 N–H and O–H groups in total. The molecule has 2 aromatic heterocycles. The maximum atomic E-state index is 14.1. The number of aromatic nitrogens is 4. The van der Waals surface area contributed by atoms with Crippen LogP contribution in [0.3, 0.4) is 0 Å². The average Bonchev–Trinajstić information content (AvgIpc) is 3.26. The average molecular weight is 485 g/mol. The van der Waals surface area contributed by atoms with Crippen LogP contribution >= 0.6 is 0 Å². The van der Waals surface area contributed by atoms with Crippen LogP contribution < -0.4 is 10.2 Å². The second-order valence-corrected chi connectivity index (χ2v) is 9.71. The fourth-order valence-corrected chi connectivity index (χ4v) is 4.18. The first-order chi connectivity index (χ1) is 17.2. The molecule has 0 aliphatic carbocycles. The zero-order valence-electron chi connectivity index (χ0n) is 21.4. The minimum absolute atomic E-state index is 0.0744. The number of nitrogens with zero attached hydrogens (tertiary/aromatic N) is 5. The number of anilines is 1. The van der Waals surface area contributed by atoms with Crippen LogP contribution in [0, 0.1) is 13.8 Å². The first kappa shape index (κ1) is 25.0. The Bertz CT molecular complexity index is 1380. The maximum Gasteiger partial charge on any atom is 0.249 e. The predicted molar refractivity (Wildman–Crippen MR) is 140 cm³/mol. The number of hydrogen-bond acceptors (Lipinski definition) is 5. The third-order valence-corrected chi connectivity index (χ3v) is 6.44. The molecule has 0 spiro atoms. The van der Waals surface area contributed by atoms with E-state index in [1.165, 1.54) is 0 Å². The molecule has 2 amide bonds. The van der Waals surface area contributed by atoms with Gasteiger partial charge >= 0.3 is 0 Å². The number of carbonyl (C=O) groups is 2. The molecule has 0 saturated heterocycles. The van der Waals surface area contributed by atoms with E-state index >= 15 is 0 Å². The van der Waals surface area contributed by atoms with Crippen LogP contribution in [0.25, 0.3) is 11.0 Å². The lowest BCUT2D eigenvalue weighted by molar-refractivity contribution is -0.128. The van der Waals surface area contributed by atoms with Crippen LogP contribution in [0.4, 0.5) is 5.69 Å². The van der Waals surface area contributed by atoms with Crippen molar-refractivity contribution in [2.24, 2.45) is 0 Å². The van der Waals surface area contributed by atoms with E-state index in [4.69, 9.17) is 0 Å². The Kier molecular flexibility index (Phi) is 7.15. The molecule has 0 radical (unpaired) electrons. The Morgan fingerprint density at radius 3 is 2.56 bits per heavy atom. The number of nitrogens with one attached hydrogen (secondary N) is 1. The standard InChI is InChI=1S/C28H32N6O2/c1-6-28(4,5)30-27(36)26(21-10-9-15-29-17-21)34(23-14-13-19(2)16-20(23)3)25(35)18-33-24-12-8-7-11-22(24)31-32-33/h7-17,26H,6,18H2,1-5H3,(H,30,36). The lowest BCUT2D eigenvalue weighted by Crippen LogP contribution is -2.51. The highest BCUT2D eigenvalue weighted by atomic mass is 16.2. The summed E-state index contributed by atoms with van der Waals surface area (Å²) in [6.45, 7) is 9.82. The lowest BCUT2D eigenvalue weighted by atomic mass is 9.98. The topological polar surface area (TPSA) is 93.0 Å². The first-order valence-electron chi connectivity index (χ1n) is 12.1. The molecule has 186 valence electrons. The Balaban J connectivity index is 1.84. The van der Waals surface area contributed by atoms with Gasteiger partial charge in [0.15, 0.2) is 0 Å². The van der Waals surface area contributed by atoms with Crippen molar-refractivity contribution in [3.63, 3.8) is 0 Å². The smallest absolute Gasteiger partial charge is 0.249 e. The molecule has 8 heteroatoms. The highest BCUT2D eigenvalue weighted by molar-refractivity contribution is 6.02. The summed E-state index contributed by atoms with van der Waals surface area (Å²) in [5.41, 5.74) is 4.25. The number of pyridine rings is 1. The summed E-state index contributed by atoms with van der Waals surface area (Å²) >= 11 is 0. The van der Waals surface area contributed by atoms with Gasteiger partial charge in [0.25, 0.3) is 0 Å². The van der Waals surface area contributed by atoms with Crippen LogP contribution in [0.2, 0.25) is 0 Å². The summed E-state index contributed by atoms with van der Waals surface area (Å²) in [5.74, 6) is -0.553. The molecular weight excluding hydrogens is 452 g/mol. The van der Waals surface area contributed by atoms with Gasteiger partial charge in [0.05, 0.1) is 5.52 Å². The van der Waals surface area contributed by atoms with Crippen molar-refractivity contribution in [2.45, 2.75) is 59.2 Å². The normalized spacial score (nSPS) is 12.4. The number of carbonyl (C=O) groups excluding carboxylic acids is 2. The van der Waals surface area contributed by atoms with Crippen molar-refractivity contribution >= 4 is 28.5 Å². The van der Waals surface area contributed by atoms with Gasteiger partial charge in [0.1, 0.15) is 18.1 Å². The first-order valence-corrected chi connectivity index (χ1v) is 12.1. The second-order valence-electron chi connectivity index (χ2n) is 9.71. The van der Waals surface area contributed by atoms with Gasteiger partial charge in [-0.2, -0.15) is 0 Å². The van der Waals surface area contributed by atoms with Gasteiger partial charge in [-0.25, -0.2) is 4.68 Å². The van der Waals surface area contributed by atoms with E-state index in [1.807, 2.05) is 83.1 Å². The molecule has 36 heavy (non-hydrogen) atoms. The van der Waals surface area contributed by atoms with E-state index in [2.05, 4.69) is 20.6 Å². The van der Waals surface area contributed by atoms with Crippen LogP contribution in [-0.2, 0) is 16.1 Å². The minimum Gasteiger partial charge on any atom is -0.349 e. The fraction of sp³-hybridized carbons (Fsp3) is 0.321. The molecule has 0 aliphatic heterocycles. The third-order valence-electron chi connectivity index (χ3n) is 6.44. The van der Waals surface area contributed by atoms with Crippen LogP contribution in [0.15, 0.2) is 67.0 Å². The Hall–Kier alpha value is -4.07. The number of benzene rings is 2. The molecule has 2 heterocycles. The lowest BCUT2D eigenvalue weighted by Gasteiger charge is -2.35. The predicted octanol–water partition coefficient (Wildman–Crippen LogP) is 4.52. The molecule has 4 aromatic rings. The van der Waals surface area contributed by atoms with Gasteiger partial charge in [0.2, 0.25) is 11.8 Å². The molecule has 2 aromatic carbocycles. The Labute approximate surface area is 211 Å². The quantitative estimate of drug-likeness (QED) is 0.397. The molecule has 8 nitrogen and oxygen atoms in total. The van der Waals surface area contributed by atoms with E-state index < -0.39 is 11.6 Å². The van der Waals surface area contributed by atoms with E-state index in [0.717, 1.165) is 23.1 Å². The van der Waals surface area contributed by atoms with Crippen molar-refractivity contribution in [3.8, 4) is 0 Å². The monoisotopic (exact) mass is 484 g/mol. The van der Waals surface area contributed by atoms with Gasteiger partial charge in [-0.1, -0.05) is 48.0 Å². The third kappa shape index (κ3) is 5.27. The van der Waals surface area contributed by atoms with E-state index in [9.17, 15) is 9.59 Å². The van der Waals surface area contributed by atoms with Crippen molar-refractivity contribution in [3.05, 3.63) is 83.7 Å². The van der Waals surface area contributed by atoms with E-state index in [1.54, 1.807) is 28.0 Å². The summed E-state index contributed by atoms with van der Waals surface area (Å²) in [7, 11) is 0. The zero-order chi connectivity index (χ0) is 25.9. The van der Waals surface area contributed by atoms with Gasteiger partial charge in [0, 0.05) is 29.2 Å². The summed E-state index contributed by atoms with van der Waals surface area (Å²) in [4.78, 5) is 33.8. The maximum absolute atomic E-state index is 14.1. The van der Waals surface area contributed by atoms with Gasteiger partial charge < -0.3 is 5.32 Å². The summed E-state index contributed by atoms with van der Waals surface area (Å²) in [6, 6.07) is 16.0. The highest BCUT2D eigenvalue weighted by Crippen LogP contribution is 2.32. The number of amides is 2. The van der Waals surface area contributed by atoms with Crippen molar-refractivity contribution < 1.29 is 9.59 Å². The van der Waals surface area contributed by atoms with Gasteiger partial charge in [-0.3, -0.25) is 19.5 Å². The largest absolute Gasteiger partial charge is 0.349 e. The number of fused-ring (bicyclic) bond motifs is 1. The summed E-state index contributed by atoms with van der Waals surface area (Å²) in [6.07, 6.45) is 4.03.